The Hall–Kier alpha value is -1.92. The van der Waals surface area contributed by atoms with Crippen LogP contribution in [0.25, 0.3) is 0 Å². The number of carbonyl (C=O) groups is 4. The van der Waals surface area contributed by atoms with Crippen molar-refractivity contribution < 1.29 is 24.3 Å². The van der Waals surface area contributed by atoms with Gasteiger partial charge in [0.05, 0.1) is 0 Å². The summed E-state index contributed by atoms with van der Waals surface area (Å²) in [6.45, 7) is 0. The molecule has 0 bridgehead atoms. The summed E-state index contributed by atoms with van der Waals surface area (Å²) in [5, 5.41) is 10.8. The van der Waals surface area contributed by atoms with Crippen LogP contribution in [0.3, 0.4) is 0 Å². The van der Waals surface area contributed by atoms with Gasteiger partial charge in [-0.2, -0.15) is 0 Å². The Morgan fingerprint density at radius 1 is 1.26 bits per heavy atom. The number of urea groups is 1. The molecule has 1 aliphatic heterocycles. The van der Waals surface area contributed by atoms with Crippen molar-refractivity contribution >= 4 is 23.8 Å². The number of aliphatic carboxylic acids is 1. The molecule has 2 aliphatic rings. The van der Waals surface area contributed by atoms with Crippen LogP contribution in [0.1, 0.15) is 38.5 Å². The second-order valence-corrected chi connectivity index (χ2v) is 4.93. The lowest BCUT2D eigenvalue weighted by molar-refractivity contribution is -0.145. The maximum atomic E-state index is 12.2. The number of carboxylic acids is 1. The Morgan fingerprint density at radius 3 is 2.47 bits per heavy atom. The second-order valence-electron chi connectivity index (χ2n) is 4.93. The third-order valence-electron chi connectivity index (χ3n) is 3.64. The van der Waals surface area contributed by atoms with Crippen molar-refractivity contribution in [3.8, 4) is 0 Å². The fourth-order valence-electron chi connectivity index (χ4n) is 2.66. The van der Waals surface area contributed by atoms with Crippen molar-refractivity contribution in [2.45, 2.75) is 44.6 Å². The van der Waals surface area contributed by atoms with Crippen LogP contribution in [-0.2, 0) is 14.4 Å². The third kappa shape index (κ3) is 2.74. The van der Waals surface area contributed by atoms with Crippen molar-refractivity contribution in [2.24, 2.45) is 5.92 Å². The summed E-state index contributed by atoms with van der Waals surface area (Å²) in [5.74, 6) is -3.37. The molecule has 0 aromatic carbocycles. The Kier molecular flexibility index (Phi) is 3.82. The fourth-order valence-corrected chi connectivity index (χ4v) is 2.66. The molecule has 1 unspecified atom stereocenters. The van der Waals surface area contributed by atoms with E-state index in [1.165, 1.54) is 0 Å². The molecule has 0 aromatic heterocycles. The Bertz CT molecular complexity index is 428. The standard InChI is InChI=1S/C12H16N2O5/c15-9(16)6-5-8-10(17)13-12(19)14(11(8)18)7-3-1-2-4-7/h7-8H,1-6H2,(H,15,16)(H,13,17,19). The highest BCUT2D eigenvalue weighted by molar-refractivity contribution is 6.16. The molecule has 1 atom stereocenters. The molecular weight excluding hydrogens is 252 g/mol. The number of barbiturate groups is 1. The van der Waals surface area contributed by atoms with Gasteiger partial charge in [-0.1, -0.05) is 12.8 Å². The number of nitrogens with one attached hydrogen (secondary N) is 1. The van der Waals surface area contributed by atoms with Gasteiger partial charge in [-0.15, -0.1) is 0 Å². The van der Waals surface area contributed by atoms with Crippen molar-refractivity contribution in [3.63, 3.8) is 0 Å². The molecule has 1 heterocycles. The van der Waals surface area contributed by atoms with Gasteiger partial charge < -0.3 is 5.11 Å². The van der Waals surface area contributed by atoms with Crippen LogP contribution in [-0.4, -0.2) is 39.9 Å². The minimum absolute atomic E-state index is 0.0729. The SMILES string of the molecule is O=C(O)CCC1C(=O)NC(=O)N(C2CCCC2)C1=O. The number of hydrogen-bond acceptors (Lipinski definition) is 4. The number of nitrogens with zero attached hydrogens (tertiary/aromatic N) is 1. The van der Waals surface area contributed by atoms with Gasteiger partial charge >= 0.3 is 12.0 Å². The van der Waals surface area contributed by atoms with Crippen LogP contribution >= 0.6 is 0 Å². The fraction of sp³-hybridized carbons (Fsp3) is 0.667. The summed E-state index contributed by atoms with van der Waals surface area (Å²) in [4.78, 5) is 47.2. The number of rotatable bonds is 4. The topological polar surface area (TPSA) is 104 Å². The van der Waals surface area contributed by atoms with Crippen molar-refractivity contribution in [1.29, 1.82) is 0 Å². The summed E-state index contributed by atoms with van der Waals surface area (Å²) in [6, 6.07) is -0.832. The predicted octanol–water partition coefficient (Wildman–Crippen LogP) is 0.488. The van der Waals surface area contributed by atoms with Crippen molar-refractivity contribution in [1.82, 2.24) is 10.2 Å². The summed E-state index contributed by atoms with van der Waals surface area (Å²) in [5.41, 5.74) is 0. The lowest BCUT2D eigenvalue weighted by atomic mass is 9.97. The number of imide groups is 2. The minimum atomic E-state index is -1.06. The van der Waals surface area contributed by atoms with Crippen LogP contribution in [0, 0.1) is 5.92 Å². The first-order valence-electron chi connectivity index (χ1n) is 6.40. The molecule has 0 radical (unpaired) electrons. The van der Waals surface area contributed by atoms with E-state index >= 15 is 0 Å². The van der Waals surface area contributed by atoms with Crippen molar-refractivity contribution in [2.75, 3.05) is 0 Å². The molecule has 7 heteroatoms. The summed E-state index contributed by atoms with van der Waals surface area (Å²) in [6.07, 6.45) is 3.07. The first kappa shape index (κ1) is 13.5. The quantitative estimate of drug-likeness (QED) is 0.722. The molecule has 0 aromatic rings. The first-order valence-corrected chi connectivity index (χ1v) is 6.40. The first-order chi connectivity index (χ1) is 9.00. The predicted molar refractivity (Wildman–Crippen MR) is 63.0 cm³/mol. The van der Waals surface area contributed by atoms with Gasteiger partial charge in [0.25, 0.3) is 0 Å². The number of carboxylic acid groups (broad SMARTS) is 1. The smallest absolute Gasteiger partial charge is 0.331 e. The summed E-state index contributed by atoms with van der Waals surface area (Å²) in [7, 11) is 0. The Morgan fingerprint density at radius 2 is 1.89 bits per heavy atom. The number of amides is 4. The molecule has 2 N–H and O–H groups in total. The van der Waals surface area contributed by atoms with Gasteiger partial charge in [0, 0.05) is 12.5 Å². The Balaban J connectivity index is 2.11. The van der Waals surface area contributed by atoms with Gasteiger partial charge in [0.1, 0.15) is 5.92 Å². The van der Waals surface area contributed by atoms with E-state index in [0.717, 1.165) is 30.6 Å². The molecule has 1 aliphatic carbocycles. The van der Waals surface area contributed by atoms with Gasteiger partial charge in [0.15, 0.2) is 0 Å². The molecule has 2 rings (SSSR count). The number of hydrogen-bond donors (Lipinski definition) is 2. The van der Waals surface area contributed by atoms with Crippen LogP contribution in [0.2, 0.25) is 0 Å². The van der Waals surface area contributed by atoms with Crippen LogP contribution in [0.5, 0.6) is 0 Å². The molecular formula is C12H16N2O5. The van der Waals surface area contributed by atoms with E-state index in [4.69, 9.17) is 5.11 Å². The lowest BCUT2D eigenvalue weighted by Crippen LogP contribution is -2.60. The van der Waals surface area contributed by atoms with E-state index < -0.39 is 29.7 Å². The summed E-state index contributed by atoms with van der Waals surface area (Å²) >= 11 is 0. The highest BCUT2D eigenvalue weighted by Crippen LogP contribution is 2.27. The van der Waals surface area contributed by atoms with Crippen molar-refractivity contribution in [3.05, 3.63) is 0 Å². The highest BCUT2D eigenvalue weighted by Gasteiger charge is 2.43. The second kappa shape index (κ2) is 5.38. The minimum Gasteiger partial charge on any atom is -0.481 e. The zero-order valence-electron chi connectivity index (χ0n) is 10.4. The molecule has 0 spiro atoms. The average Bonchev–Trinajstić information content (AvgIpc) is 2.81. The van der Waals surface area contributed by atoms with Gasteiger partial charge in [-0.3, -0.25) is 24.6 Å². The van der Waals surface area contributed by atoms with E-state index in [-0.39, 0.29) is 18.9 Å². The molecule has 4 amide bonds. The summed E-state index contributed by atoms with van der Waals surface area (Å²) < 4.78 is 0. The normalized spacial score (nSPS) is 24.7. The molecule has 19 heavy (non-hydrogen) atoms. The molecule has 7 nitrogen and oxygen atoms in total. The molecule has 2 fully saturated rings. The van der Waals surface area contributed by atoms with Crippen LogP contribution in [0.4, 0.5) is 4.79 Å². The zero-order valence-corrected chi connectivity index (χ0v) is 10.4. The van der Waals surface area contributed by atoms with E-state index in [2.05, 4.69) is 5.32 Å². The third-order valence-corrected chi connectivity index (χ3v) is 3.64. The Labute approximate surface area is 109 Å². The van der Waals surface area contributed by atoms with Crippen LogP contribution < -0.4 is 5.32 Å². The van der Waals surface area contributed by atoms with Crippen LogP contribution in [0.15, 0.2) is 0 Å². The van der Waals surface area contributed by atoms with Gasteiger partial charge in [-0.25, -0.2) is 4.79 Å². The molecule has 1 saturated carbocycles. The van der Waals surface area contributed by atoms with Gasteiger partial charge in [0.2, 0.25) is 11.8 Å². The zero-order chi connectivity index (χ0) is 14.0. The molecule has 104 valence electrons. The van der Waals surface area contributed by atoms with E-state index in [1.54, 1.807) is 0 Å². The highest BCUT2D eigenvalue weighted by atomic mass is 16.4. The average molecular weight is 268 g/mol. The largest absolute Gasteiger partial charge is 0.481 e. The number of carbonyl (C=O) groups excluding carboxylic acids is 3. The van der Waals surface area contributed by atoms with E-state index in [0.29, 0.717) is 0 Å². The maximum Gasteiger partial charge on any atom is 0.331 e. The lowest BCUT2D eigenvalue weighted by Gasteiger charge is -2.33. The molecule has 1 saturated heterocycles. The van der Waals surface area contributed by atoms with E-state index in [9.17, 15) is 19.2 Å². The maximum absolute atomic E-state index is 12.2. The van der Waals surface area contributed by atoms with Gasteiger partial charge in [-0.05, 0) is 19.3 Å². The van der Waals surface area contributed by atoms with E-state index in [1.807, 2.05) is 0 Å². The monoisotopic (exact) mass is 268 g/mol.